The number of ether oxygens (including phenoxy) is 3. The molecule has 2 saturated heterocycles. The monoisotopic (exact) mass is 402 g/mol. The summed E-state index contributed by atoms with van der Waals surface area (Å²) >= 11 is 0. The van der Waals surface area contributed by atoms with Gasteiger partial charge in [-0.05, 0) is 50.3 Å². The van der Waals surface area contributed by atoms with Gasteiger partial charge in [-0.2, -0.15) is 0 Å². The standard InChI is InChI=1S/C23H34N2O4/c1-27-19-7-8-22(21(15-19)23(26)25-14-11-20(16-25)28-2)29-18-9-12-24(13-10-18)17-5-3-4-6-17/h7-8,15,17-18,20H,3-6,9-14,16H2,1-2H3/t20-/m1/s1. The fraction of sp³-hybridized carbons (Fsp3) is 0.696. The number of carbonyl (C=O) groups excluding carboxylic acids is 1. The van der Waals surface area contributed by atoms with E-state index >= 15 is 0 Å². The van der Waals surface area contributed by atoms with Gasteiger partial charge in [-0.3, -0.25) is 4.79 Å². The minimum atomic E-state index is 0.00171. The van der Waals surface area contributed by atoms with Gasteiger partial charge < -0.3 is 24.0 Å². The van der Waals surface area contributed by atoms with E-state index in [1.165, 1.54) is 25.7 Å². The topological polar surface area (TPSA) is 51.2 Å². The van der Waals surface area contributed by atoms with Crippen LogP contribution >= 0.6 is 0 Å². The van der Waals surface area contributed by atoms with E-state index in [4.69, 9.17) is 14.2 Å². The molecule has 29 heavy (non-hydrogen) atoms. The molecule has 160 valence electrons. The molecule has 0 unspecified atom stereocenters. The number of hydrogen-bond acceptors (Lipinski definition) is 5. The molecule has 3 aliphatic rings. The molecule has 0 bridgehead atoms. The van der Waals surface area contributed by atoms with E-state index in [2.05, 4.69) is 4.90 Å². The highest BCUT2D eigenvalue weighted by molar-refractivity contribution is 5.97. The minimum Gasteiger partial charge on any atom is -0.497 e. The van der Waals surface area contributed by atoms with Crippen molar-refractivity contribution in [2.45, 2.75) is 63.2 Å². The van der Waals surface area contributed by atoms with Gasteiger partial charge in [0, 0.05) is 39.3 Å². The predicted octanol–water partition coefficient (Wildman–Crippen LogP) is 3.34. The summed E-state index contributed by atoms with van der Waals surface area (Å²) < 4.78 is 17.2. The van der Waals surface area contributed by atoms with E-state index < -0.39 is 0 Å². The average Bonchev–Trinajstić information content (AvgIpc) is 3.46. The van der Waals surface area contributed by atoms with Crippen LogP contribution in [0.2, 0.25) is 0 Å². The molecule has 1 amide bonds. The van der Waals surface area contributed by atoms with Crippen molar-refractivity contribution in [1.82, 2.24) is 9.80 Å². The summed E-state index contributed by atoms with van der Waals surface area (Å²) in [6.45, 7) is 3.53. The Morgan fingerprint density at radius 1 is 0.966 bits per heavy atom. The molecule has 1 aromatic carbocycles. The number of likely N-dealkylation sites (tertiary alicyclic amines) is 2. The normalized spacial score (nSPS) is 24.2. The van der Waals surface area contributed by atoms with Crippen LogP contribution in [0.1, 0.15) is 55.3 Å². The second-order valence-corrected chi connectivity index (χ2v) is 8.55. The molecule has 1 aromatic rings. The van der Waals surface area contributed by atoms with Gasteiger partial charge in [0.25, 0.3) is 5.91 Å². The molecule has 1 saturated carbocycles. The molecule has 1 aliphatic carbocycles. The summed E-state index contributed by atoms with van der Waals surface area (Å²) in [5, 5.41) is 0. The molecule has 6 nitrogen and oxygen atoms in total. The van der Waals surface area contributed by atoms with Crippen molar-refractivity contribution in [2.75, 3.05) is 40.4 Å². The molecule has 4 rings (SSSR count). The van der Waals surface area contributed by atoms with Crippen molar-refractivity contribution in [1.29, 1.82) is 0 Å². The molecule has 0 radical (unpaired) electrons. The Hall–Kier alpha value is -1.79. The van der Waals surface area contributed by atoms with Gasteiger partial charge in [-0.15, -0.1) is 0 Å². The van der Waals surface area contributed by atoms with Crippen LogP contribution in [0.25, 0.3) is 0 Å². The van der Waals surface area contributed by atoms with E-state index in [1.54, 1.807) is 14.2 Å². The van der Waals surface area contributed by atoms with Crippen LogP contribution in [0, 0.1) is 0 Å². The summed E-state index contributed by atoms with van der Waals surface area (Å²) in [5.74, 6) is 1.36. The van der Waals surface area contributed by atoms with Gasteiger partial charge in [0.2, 0.25) is 0 Å². The highest BCUT2D eigenvalue weighted by atomic mass is 16.5. The molecule has 3 fully saturated rings. The first-order valence-corrected chi connectivity index (χ1v) is 11.1. The number of methoxy groups -OCH3 is 2. The first-order chi connectivity index (χ1) is 14.2. The van der Waals surface area contributed by atoms with E-state index in [0.29, 0.717) is 30.2 Å². The van der Waals surface area contributed by atoms with E-state index in [-0.39, 0.29) is 18.1 Å². The zero-order chi connectivity index (χ0) is 20.2. The Bertz CT molecular complexity index is 696. The van der Waals surface area contributed by atoms with Crippen LogP contribution in [-0.2, 0) is 4.74 Å². The van der Waals surface area contributed by atoms with Crippen molar-refractivity contribution in [2.24, 2.45) is 0 Å². The highest BCUT2D eigenvalue weighted by Gasteiger charge is 2.31. The molecule has 6 heteroatoms. The van der Waals surface area contributed by atoms with Gasteiger partial charge >= 0.3 is 0 Å². The van der Waals surface area contributed by atoms with Gasteiger partial charge in [0.15, 0.2) is 0 Å². The number of nitrogens with zero attached hydrogens (tertiary/aromatic N) is 2. The van der Waals surface area contributed by atoms with Crippen molar-refractivity contribution < 1.29 is 19.0 Å². The zero-order valence-corrected chi connectivity index (χ0v) is 17.8. The van der Waals surface area contributed by atoms with Crippen molar-refractivity contribution in [3.05, 3.63) is 23.8 Å². The molecule has 1 atom stereocenters. The minimum absolute atomic E-state index is 0.00171. The van der Waals surface area contributed by atoms with Gasteiger partial charge in [-0.25, -0.2) is 0 Å². The smallest absolute Gasteiger partial charge is 0.257 e. The molecular formula is C23H34N2O4. The SMILES string of the molecule is COc1ccc(OC2CCN(C3CCCC3)CC2)c(C(=O)N2CC[C@@H](OC)C2)c1. The lowest BCUT2D eigenvalue weighted by Gasteiger charge is -2.36. The van der Waals surface area contributed by atoms with Crippen LogP contribution in [0.3, 0.4) is 0 Å². The predicted molar refractivity (Wildman–Crippen MR) is 112 cm³/mol. The van der Waals surface area contributed by atoms with Gasteiger partial charge in [0.1, 0.15) is 17.6 Å². The molecular weight excluding hydrogens is 368 g/mol. The molecule has 2 aliphatic heterocycles. The molecule has 0 aromatic heterocycles. The summed E-state index contributed by atoms with van der Waals surface area (Å²) in [7, 11) is 3.33. The Kier molecular flexibility index (Phi) is 6.60. The van der Waals surface area contributed by atoms with Crippen molar-refractivity contribution >= 4 is 5.91 Å². The fourth-order valence-corrected chi connectivity index (χ4v) is 4.99. The third-order valence-electron chi connectivity index (χ3n) is 6.79. The van der Waals surface area contributed by atoms with E-state index in [0.717, 1.165) is 38.4 Å². The second kappa shape index (κ2) is 9.35. The molecule has 0 spiro atoms. The number of piperidine rings is 1. The Morgan fingerprint density at radius 2 is 1.69 bits per heavy atom. The molecule has 0 N–H and O–H groups in total. The third-order valence-corrected chi connectivity index (χ3v) is 6.79. The summed E-state index contributed by atoms with van der Waals surface area (Å²) in [6.07, 6.45) is 8.64. The average molecular weight is 403 g/mol. The largest absolute Gasteiger partial charge is 0.497 e. The maximum Gasteiger partial charge on any atom is 0.257 e. The quantitative estimate of drug-likeness (QED) is 0.730. The van der Waals surface area contributed by atoms with Gasteiger partial charge in [0.05, 0.1) is 18.8 Å². The first kappa shape index (κ1) is 20.5. The van der Waals surface area contributed by atoms with Crippen molar-refractivity contribution in [3.63, 3.8) is 0 Å². The van der Waals surface area contributed by atoms with E-state index in [1.807, 2.05) is 23.1 Å². The third kappa shape index (κ3) is 4.69. The van der Waals surface area contributed by atoms with Gasteiger partial charge in [-0.1, -0.05) is 12.8 Å². The number of carbonyl (C=O) groups is 1. The summed E-state index contributed by atoms with van der Waals surface area (Å²) in [5.41, 5.74) is 0.597. The maximum absolute atomic E-state index is 13.2. The van der Waals surface area contributed by atoms with Crippen LogP contribution in [-0.4, -0.2) is 74.4 Å². The lowest BCUT2D eigenvalue weighted by atomic mass is 10.0. The highest BCUT2D eigenvalue weighted by Crippen LogP contribution is 2.31. The number of benzene rings is 1. The second-order valence-electron chi connectivity index (χ2n) is 8.55. The zero-order valence-electron chi connectivity index (χ0n) is 17.8. The Balaban J connectivity index is 1.42. The number of hydrogen-bond donors (Lipinski definition) is 0. The number of rotatable bonds is 6. The van der Waals surface area contributed by atoms with Crippen molar-refractivity contribution in [3.8, 4) is 11.5 Å². The Morgan fingerprint density at radius 3 is 2.34 bits per heavy atom. The van der Waals surface area contributed by atoms with Crippen LogP contribution in [0.5, 0.6) is 11.5 Å². The summed E-state index contributed by atoms with van der Waals surface area (Å²) in [4.78, 5) is 17.7. The molecule has 2 heterocycles. The Labute approximate surface area is 174 Å². The van der Waals surface area contributed by atoms with Crippen LogP contribution in [0.4, 0.5) is 0 Å². The number of amides is 1. The lowest BCUT2D eigenvalue weighted by Crippen LogP contribution is -2.43. The lowest BCUT2D eigenvalue weighted by molar-refractivity contribution is 0.0678. The van der Waals surface area contributed by atoms with Crippen LogP contribution < -0.4 is 9.47 Å². The van der Waals surface area contributed by atoms with Crippen LogP contribution in [0.15, 0.2) is 18.2 Å². The maximum atomic E-state index is 13.2. The summed E-state index contributed by atoms with van der Waals surface area (Å²) in [6, 6.07) is 6.35. The fourth-order valence-electron chi connectivity index (χ4n) is 4.99. The van der Waals surface area contributed by atoms with E-state index in [9.17, 15) is 4.79 Å². The first-order valence-electron chi connectivity index (χ1n) is 11.1.